The van der Waals surface area contributed by atoms with Crippen molar-refractivity contribution in [3.63, 3.8) is 0 Å². The Morgan fingerprint density at radius 1 is 1.05 bits per heavy atom. The Balaban J connectivity index is 2.13. The van der Waals surface area contributed by atoms with Gasteiger partial charge in [-0.3, -0.25) is 0 Å². The Hall–Kier alpha value is -2.09. The van der Waals surface area contributed by atoms with Gasteiger partial charge in [-0.05, 0) is 43.0 Å². The monoisotopic (exact) mass is 280 g/mol. The lowest BCUT2D eigenvalue weighted by atomic mass is 10.1. The van der Waals surface area contributed by atoms with E-state index in [9.17, 15) is 0 Å². The van der Waals surface area contributed by atoms with E-state index in [1.165, 1.54) is 5.92 Å². The van der Waals surface area contributed by atoms with Crippen molar-refractivity contribution < 1.29 is 4.74 Å². The Morgan fingerprint density at radius 2 is 1.81 bits per heavy atom. The molecule has 0 fully saturated rings. The molecule has 0 aliphatic rings. The van der Waals surface area contributed by atoms with Crippen LogP contribution in [0.25, 0.3) is 12.2 Å². The van der Waals surface area contributed by atoms with Crippen LogP contribution in [0, 0.1) is 12.8 Å². The van der Waals surface area contributed by atoms with Crippen LogP contribution in [-0.4, -0.2) is 11.6 Å². The Morgan fingerprint density at radius 3 is 2.52 bits per heavy atom. The number of ether oxygens (including phenoxy) is 1. The predicted octanol–water partition coefficient (Wildman–Crippen LogP) is 4.94. The van der Waals surface area contributed by atoms with Crippen LogP contribution in [-0.2, 0) is 0 Å². The molecular weight excluding hydrogens is 258 g/mol. The van der Waals surface area contributed by atoms with Crippen LogP contribution in [0.1, 0.15) is 37.2 Å². The molecular formula is C19H22NO. The molecule has 1 heterocycles. The number of pyridine rings is 1. The minimum atomic E-state index is 0.694. The van der Waals surface area contributed by atoms with Gasteiger partial charge in [-0.25, -0.2) is 4.98 Å². The molecule has 2 nitrogen and oxygen atoms in total. The SMILES string of the molecule is C[C](C)CCOc1ccc(C)nc1C=Cc1ccccc1. The molecule has 2 heteroatoms. The molecule has 0 unspecified atom stereocenters. The summed E-state index contributed by atoms with van der Waals surface area (Å²) in [5.41, 5.74) is 3.03. The quantitative estimate of drug-likeness (QED) is 0.747. The minimum Gasteiger partial charge on any atom is -0.491 e. The van der Waals surface area contributed by atoms with Gasteiger partial charge in [0.15, 0.2) is 0 Å². The van der Waals surface area contributed by atoms with Crippen LogP contribution in [0.4, 0.5) is 0 Å². The van der Waals surface area contributed by atoms with E-state index in [0.29, 0.717) is 6.61 Å². The van der Waals surface area contributed by atoms with E-state index in [1.54, 1.807) is 0 Å². The number of rotatable bonds is 6. The lowest BCUT2D eigenvalue weighted by Gasteiger charge is -2.10. The molecule has 2 aromatic rings. The van der Waals surface area contributed by atoms with Crippen LogP contribution in [0.3, 0.4) is 0 Å². The van der Waals surface area contributed by atoms with Crippen molar-refractivity contribution in [2.45, 2.75) is 27.2 Å². The highest BCUT2D eigenvalue weighted by Gasteiger charge is 2.04. The Bertz CT molecular complexity index is 588. The normalized spacial score (nSPS) is 11.2. The van der Waals surface area contributed by atoms with E-state index < -0.39 is 0 Å². The second kappa shape index (κ2) is 7.63. The highest BCUT2D eigenvalue weighted by atomic mass is 16.5. The number of hydrogen-bond donors (Lipinski definition) is 0. The average molecular weight is 280 g/mol. The zero-order chi connectivity index (χ0) is 15.1. The molecule has 109 valence electrons. The van der Waals surface area contributed by atoms with Crippen molar-refractivity contribution in [2.24, 2.45) is 0 Å². The van der Waals surface area contributed by atoms with Crippen LogP contribution in [0.2, 0.25) is 0 Å². The predicted molar refractivity (Wildman–Crippen MR) is 89.0 cm³/mol. The van der Waals surface area contributed by atoms with E-state index in [4.69, 9.17) is 4.74 Å². The fourth-order valence-electron chi connectivity index (χ4n) is 1.91. The van der Waals surface area contributed by atoms with Gasteiger partial charge < -0.3 is 4.74 Å². The molecule has 0 saturated carbocycles. The summed E-state index contributed by atoms with van der Waals surface area (Å²) in [6.07, 6.45) is 5.04. The molecule has 0 amide bonds. The van der Waals surface area contributed by atoms with Crippen LogP contribution in [0.5, 0.6) is 5.75 Å². The number of benzene rings is 1. The zero-order valence-corrected chi connectivity index (χ0v) is 13.0. The van der Waals surface area contributed by atoms with E-state index in [1.807, 2.05) is 43.3 Å². The summed E-state index contributed by atoms with van der Waals surface area (Å²) in [4.78, 5) is 4.57. The third kappa shape index (κ3) is 5.07. The van der Waals surface area contributed by atoms with Crippen LogP contribution in [0.15, 0.2) is 42.5 Å². The van der Waals surface area contributed by atoms with Gasteiger partial charge in [-0.1, -0.05) is 50.3 Å². The van der Waals surface area contributed by atoms with Gasteiger partial charge in [0.1, 0.15) is 11.4 Å². The van der Waals surface area contributed by atoms with E-state index in [0.717, 1.165) is 29.1 Å². The van der Waals surface area contributed by atoms with Crippen LogP contribution >= 0.6 is 0 Å². The molecule has 1 aromatic heterocycles. The molecule has 1 radical (unpaired) electrons. The number of aryl methyl sites for hydroxylation is 1. The van der Waals surface area contributed by atoms with E-state index in [-0.39, 0.29) is 0 Å². The number of nitrogens with zero attached hydrogens (tertiary/aromatic N) is 1. The molecule has 0 aliphatic heterocycles. The maximum absolute atomic E-state index is 5.86. The first-order valence-corrected chi connectivity index (χ1v) is 7.28. The first-order chi connectivity index (χ1) is 10.1. The summed E-state index contributed by atoms with van der Waals surface area (Å²) in [6.45, 7) is 6.92. The van der Waals surface area contributed by atoms with E-state index in [2.05, 4.69) is 37.0 Å². The molecule has 21 heavy (non-hydrogen) atoms. The highest BCUT2D eigenvalue weighted by Crippen LogP contribution is 2.20. The van der Waals surface area contributed by atoms with Crippen molar-refractivity contribution in [3.8, 4) is 5.75 Å². The fourth-order valence-corrected chi connectivity index (χ4v) is 1.91. The van der Waals surface area contributed by atoms with Gasteiger partial charge in [-0.15, -0.1) is 0 Å². The summed E-state index contributed by atoms with van der Waals surface area (Å²) >= 11 is 0. The van der Waals surface area contributed by atoms with E-state index >= 15 is 0 Å². The molecule has 0 atom stereocenters. The lowest BCUT2D eigenvalue weighted by Crippen LogP contribution is -2.02. The molecule has 0 N–H and O–H groups in total. The molecule has 1 aromatic carbocycles. The topological polar surface area (TPSA) is 22.1 Å². The first kappa shape index (κ1) is 15.3. The molecule has 0 spiro atoms. The Labute approximate surface area is 127 Å². The second-order valence-electron chi connectivity index (χ2n) is 5.39. The summed E-state index contributed by atoms with van der Waals surface area (Å²) in [5.74, 6) is 2.21. The third-order valence-corrected chi connectivity index (χ3v) is 3.12. The van der Waals surface area contributed by atoms with Gasteiger partial charge in [-0.2, -0.15) is 0 Å². The van der Waals surface area contributed by atoms with Gasteiger partial charge in [0.2, 0.25) is 0 Å². The van der Waals surface area contributed by atoms with Crippen molar-refractivity contribution >= 4 is 12.2 Å². The maximum atomic E-state index is 5.86. The summed E-state index contributed by atoms with van der Waals surface area (Å²) in [6, 6.07) is 14.2. The van der Waals surface area contributed by atoms with Gasteiger partial charge in [0, 0.05) is 5.69 Å². The lowest BCUT2D eigenvalue weighted by molar-refractivity contribution is 0.313. The van der Waals surface area contributed by atoms with Crippen molar-refractivity contribution in [1.82, 2.24) is 4.98 Å². The van der Waals surface area contributed by atoms with Crippen molar-refractivity contribution in [2.75, 3.05) is 6.61 Å². The molecule has 2 rings (SSSR count). The summed E-state index contributed by atoms with van der Waals surface area (Å²) in [7, 11) is 0. The standard InChI is InChI=1S/C19H22NO/c1-15(2)13-14-21-19-12-9-16(3)20-18(19)11-10-17-7-5-4-6-8-17/h4-12H,13-14H2,1-3H3. The molecule has 0 bridgehead atoms. The van der Waals surface area contributed by atoms with Crippen molar-refractivity contribution in [3.05, 3.63) is 65.3 Å². The largest absolute Gasteiger partial charge is 0.491 e. The maximum Gasteiger partial charge on any atom is 0.144 e. The highest BCUT2D eigenvalue weighted by molar-refractivity contribution is 5.70. The van der Waals surface area contributed by atoms with Gasteiger partial charge in [0.25, 0.3) is 0 Å². The van der Waals surface area contributed by atoms with Crippen LogP contribution < -0.4 is 4.74 Å². The smallest absolute Gasteiger partial charge is 0.144 e. The Kier molecular flexibility index (Phi) is 5.56. The average Bonchev–Trinajstić information content (AvgIpc) is 2.48. The summed E-state index contributed by atoms with van der Waals surface area (Å²) in [5, 5.41) is 0. The fraction of sp³-hybridized carbons (Fsp3) is 0.263. The van der Waals surface area contributed by atoms with Gasteiger partial charge >= 0.3 is 0 Å². The second-order valence-corrected chi connectivity index (χ2v) is 5.39. The van der Waals surface area contributed by atoms with Gasteiger partial charge in [0.05, 0.1) is 6.61 Å². The molecule has 0 saturated heterocycles. The molecule has 0 aliphatic carbocycles. The third-order valence-electron chi connectivity index (χ3n) is 3.12. The summed E-state index contributed by atoms with van der Waals surface area (Å²) < 4.78 is 5.86. The van der Waals surface area contributed by atoms with Crippen molar-refractivity contribution in [1.29, 1.82) is 0 Å². The number of aromatic nitrogens is 1. The zero-order valence-electron chi connectivity index (χ0n) is 13.0. The number of hydrogen-bond acceptors (Lipinski definition) is 2. The first-order valence-electron chi connectivity index (χ1n) is 7.28. The minimum absolute atomic E-state index is 0.694.